The highest BCUT2D eigenvalue weighted by Gasteiger charge is 2.25. The Bertz CT molecular complexity index is 1170. The number of aromatic nitrogens is 3. The van der Waals surface area contributed by atoms with Crippen molar-refractivity contribution in [2.75, 3.05) is 0 Å². The second-order valence-electron chi connectivity index (χ2n) is 5.93. The van der Waals surface area contributed by atoms with Gasteiger partial charge in [0.05, 0.1) is 27.3 Å². The van der Waals surface area contributed by atoms with Crippen molar-refractivity contribution in [1.29, 1.82) is 0 Å². The molecule has 0 aliphatic heterocycles. The van der Waals surface area contributed by atoms with Crippen LogP contribution in [0.5, 0.6) is 0 Å². The number of rotatable bonds is 3. The van der Waals surface area contributed by atoms with E-state index < -0.39 is 0 Å². The fraction of sp³-hybridized carbons (Fsp3) is 0.100. The lowest BCUT2D eigenvalue weighted by Crippen LogP contribution is -2.00. The highest BCUT2D eigenvalue weighted by Crippen LogP contribution is 2.35. The van der Waals surface area contributed by atoms with Crippen LogP contribution in [0.25, 0.3) is 22.3 Å². The number of halogens is 1. The number of carbonyl (C=O) groups is 1. The summed E-state index contributed by atoms with van der Waals surface area (Å²) in [7, 11) is 0. The molecule has 0 amide bonds. The van der Waals surface area contributed by atoms with Crippen LogP contribution in [0.4, 0.5) is 0 Å². The molecular weight excluding hydrogens is 382 g/mol. The maximum Gasteiger partial charge on any atom is 0.231 e. The molecule has 0 saturated carbocycles. The molecule has 0 aliphatic rings. The summed E-state index contributed by atoms with van der Waals surface area (Å²) in [5, 5.41) is 4.91. The van der Waals surface area contributed by atoms with Crippen LogP contribution in [0.3, 0.4) is 0 Å². The molecule has 0 aliphatic carbocycles. The van der Waals surface area contributed by atoms with Crippen molar-refractivity contribution in [3.63, 3.8) is 0 Å². The number of hydrogen-bond donors (Lipinski definition) is 0. The number of nitrogens with zero attached hydrogens (tertiary/aromatic N) is 3. The van der Waals surface area contributed by atoms with E-state index in [-0.39, 0.29) is 5.12 Å². The third kappa shape index (κ3) is 3.34. The first-order valence-corrected chi connectivity index (χ1v) is 9.41. The van der Waals surface area contributed by atoms with E-state index in [0.29, 0.717) is 38.3 Å². The van der Waals surface area contributed by atoms with Crippen molar-refractivity contribution >= 4 is 39.5 Å². The quantitative estimate of drug-likeness (QED) is 0.427. The molecule has 0 unspecified atom stereocenters. The second kappa shape index (κ2) is 7.13. The van der Waals surface area contributed by atoms with Gasteiger partial charge in [-0.25, -0.2) is 9.97 Å². The SMILES string of the molecule is Cc1nc2ccccc2nc1SC(=O)c1c(-c2ccccc2Cl)noc1C. The van der Waals surface area contributed by atoms with Crippen LogP contribution in [0.2, 0.25) is 5.02 Å². The Kier molecular flexibility index (Phi) is 4.68. The third-order valence-electron chi connectivity index (χ3n) is 4.09. The topological polar surface area (TPSA) is 68.9 Å². The fourth-order valence-corrected chi connectivity index (χ4v) is 3.84. The molecule has 134 valence electrons. The van der Waals surface area contributed by atoms with Crippen LogP contribution in [-0.2, 0) is 0 Å². The maximum absolute atomic E-state index is 13.0. The van der Waals surface area contributed by atoms with Gasteiger partial charge in [-0.15, -0.1) is 0 Å². The predicted octanol–water partition coefficient (Wildman–Crippen LogP) is 5.49. The number of hydrogen-bond acceptors (Lipinski definition) is 6. The zero-order chi connectivity index (χ0) is 19.0. The third-order valence-corrected chi connectivity index (χ3v) is 5.39. The predicted molar refractivity (Wildman–Crippen MR) is 106 cm³/mol. The Morgan fingerprint density at radius 3 is 2.41 bits per heavy atom. The molecule has 4 rings (SSSR count). The van der Waals surface area contributed by atoms with Crippen LogP contribution >= 0.6 is 23.4 Å². The molecule has 0 fully saturated rings. The zero-order valence-corrected chi connectivity index (χ0v) is 16.1. The monoisotopic (exact) mass is 395 g/mol. The molecule has 0 N–H and O–H groups in total. The highest BCUT2D eigenvalue weighted by molar-refractivity contribution is 8.14. The van der Waals surface area contributed by atoms with E-state index in [2.05, 4.69) is 15.1 Å². The smallest absolute Gasteiger partial charge is 0.231 e. The van der Waals surface area contributed by atoms with Crippen LogP contribution < -0.4 is 0 Å². The molecule has 7 heteroatoms. The number of para-hydroxylation sites is 2. The van der Waals surface area contributed by atoms with Gasteiger partial charge in [-0.2, -0.15) is 0 Å². The van der Waals surface area contributed by atoms with Crippen molar-refractivity contribution in [1.82, 2.24) is 15.1 Å². The van der Waals surface area contributed by atoms with E-state index in [1.54, 1.807) is 13.0 Å². The summed E-state index contributed by atoms with van der Waals surface area (Å²) in [4.78, 5) is 22.2. The Labute approximate surface area is 164 Å². The van der Waals surface area contributed by atoms with Gasteiger partial charge in [-0.05, 0) is 43.8 Å². The Morgan fingerprint density at radius 2 is 1.67 bits per heavy atom. The number of fused-ring (bicyclic) bond motifs is 1. The summed E-state index contributed by atoms with van der Waals surface area (Å²) in [6.07, 6.45) is 0. The molecule has 2 heterocycles. The molecule has 2 aromatic heterocycles. The molecular formula is C20H14ClN3O2S. The van der Waals surface area contributed by atoms with Crippen molar-refractivity contribution < 1.29 is 9.32 Å². The van der Waals surface area contributed by atoms with E-state index >= 15 is 0 Å². The molecule has 0 spiro atoms. The minimum absolute atomic E-state index is 0.212. The molecule has 4 aromatic rings. The van der Waals surface area contributed by atoms with E-state index in [9.17, 15) is 4.79 Å². The van der Waals surface area contributed by atoms with Crippen LogP contribution in [-0.4, -0.2) is 20.2 Å². The number of benzene rings is 2. The Balaban J connectivity index is 1.74. The first-order valence-electron chi connectivity index (χ1n) is 8.21. The summed E-state index contributed by atoms with van der Waals surface area (Å²) in [6, 6.07) is 14.8. The highest BCUT2D eigenvalue weighted by atomic mass is 35.5. The lowest BCUT2D eigenvalue weighted by atomic mass is 10.1. The van der Waals surface area contributed by atoms with Gasteiger partial charge in [0.25, 0.3) is 0 Å². The lowest BCUT2D eigenvalue weighted by molar-refractivity contribution is 0.108. The van der Waals surface area contributed by atoms with Crippen LogP contribution in [0.15, 0.2) is 58.1 Å². The summed E-state index contributed by atoms with van der Waals surface area (Å²) >= 11 is 7.29. The van der Waals surface area contributed by atoms with E-state index in [4.69, 9.17) is 16.1 Å². The maximum atomic E-state index is 13.0. The Morgan fingerprint density at radius 1 is 1.00 bits per heavy atom. The van der Waals surface area contributed by atoms with Crippen molar-refractivity contribution in [2.24, 2.45) is 0 Å². The van der Waals surface area contributed by atoms with Crippen molar-refractivity contribution in [2.45, 2.75) is 18.9 Å². The van der Waals surface area contributed by atoms with Crippen molar-refractivity contribution in [3.8, 4) is 11.3 Å². The van der Waals surface area contributed by atoms with Crippen molar-refractivity contribution in [3.05, 3.63) is 70.6 Å². The summed E-state index contributed by atoms with van der Waals surface area (Å²) in [5.41, 5.74) is 3.71. The summed E-state index contributed by atoms with van der Waals surface area (Å²) in [5.74, 6) is 0.439. The minimum Gasteiger partial charge on any atom is -0.360 e. The molecule has 0 saturated heterocycles. The van der Waals surface area contributed by atoms with Gasteiger partial charge in [-0.1, -0.05) is 47.1 Å². The average Bonchev–Trinajstić information content (AvgIpc) is 3.04. The van der Waals surface area contributed by atoms with Gasteiger partial charge in [0.1, 0.15) is 16.5 Å². The minimum atomic E-state index is -0.212. The number of carbonyl (C=O) groups excluding carboxylic acids is 1. The molecule has 5 nitrogen and oxygen atoms in total. The van der Waals surface area contributed by atoms with Gasteiger partial charge in [0.2, 0.25) is 5.12 Å². The molecule has 27 heavy (non-hydrogen) atoms. The fourth-order valence-electron chi connectivity index (χ4n) is 2.76. The van der Waals surface area contributed by atoms with Gasteiger partial charge in [0, 0.05) is 5.56 Å². The molecule has 0 atom stereocenters. The zero-order valence-electron chi connectivity index (χ0n) is 14.6. The summed E-state index contributed by atoms with van der Waals surface area (Å²) in [6.45, 7) is 3.55. The van der Waals surface area contributed by atoms with Gasteiger partial charge in [0.15, 0.2) is 0 Å². The lowest BCUT2D eigenvalue weighted by Gasteiger charge is -2.06. The summed E-state index contributed by atoms with van der Waals surface area (Å²) < 4.78 is 5.29. The molecule has 0 bridgehead atoms. The van der Waals surface area contributed by atoms with Crippen LogP contribution in [0, 0.1) is 13.8 Å². The normalized spacial score (nSPS) is 11.1. The van der Waals surface area contributed by atoms with Gasteiger partial charge >= 0.3 is 0 Å². The standard InChI is InChI=1S/C20H14ClN3O2S/c1-11-19(23-16-10-6-5-9-15(16)22-11)27-20(25)17-12(2)26-24-18(17)13-7-3-4-8-14(13)21/h3-10H,1-2H3. The largest absolute Gasteiger partial charge is 0.360 e. The molecule has 0 radical (unpaired) electrons. The molecule has 2 aromatic carbocycles. The number of thioether (sulfide) groups is 1. The van der Waals surface area contributed by atoms with Gasteiger partial charge < -0.3 is 4.52 Å². The van der Waals surface area contributed by atoms with Gasteiger partial charge in [-0.3, -0.25) is 4.79 Å². The van der Waals surface area contributed by atoms with Crippen LogP contribution in [0.1, 0.15) is 21.8 Å². The Hall–Kier alpha value is -2.70. The second-order valence-corrected chi connectivity index (χ2v) is 7.30. The van der Waals surface area contributed by atoms with E-state index in [1.807, 2.05) is 49.4 Å². The first-order chi connectivity index (χ1) is 13.0. The number of aryl methyl sites for hydroxylation is 2. The van der Waals surface area contributed by atoms with E-state index in [0.717, 1.165) is 22.8 Å². The first kappa shape index (κ1) is 17.7. The van der Waals surface area contributed by atoms with E-state index in [1.165, 1.54) is 0 Å². The average molecular weight is 396 g/mol.